The van der Waals surface area contributed by atoms with Crippen LogP contribution in [0.15, 0.2) is 4.36 Å². The number of aliphatic hydroxyl groups excluding tert-OH is 5. The van der Waals surface area contributed by atoms with Gasteiger partial charge in [0, 0.05) is 21.7 Å². The molecular formula is C42H81NO8S. The number of unbranched alkanes of at least 4 members (excludes halogenated alkanes) is 19. The van der Waals surface area contributed by atoms with E-state index in [1.165, 1.54) is 128 Å². The fraction of sp³-hybridized carbons (Fsp3) is 1.00. The van der Waals surface area contributed by atoms with Crippen LogP contribution in [-0.4, -0.2) is 97.8 Å². The van der Waals surface area contributed by atoms with Gasteiger partial charge in [0.2, 0.25) is 0 Å². The summed E-state index contributed by atoms with van der Waals surface area (Å²) >= 11 is 0. The molecule has 11 atom stereocenters. The van der Waals surface area contributed by atoms with Gasteiger partial charge < -0.3 is 35.0 Å². The van der Waals surface area contributed by atoms with Gasteiger partial charge in [0.1, 0.15) is 30.5 Å². The minimum absolute atomic E-state index is 0.158. The lowest BCUT2D eigenvalue weighted by Crippen LogP contribution is -2.59. The average Bonchev–Trinajstić information content (AvgIpc) is 3.76. The molecule has 0 spiro atoms. The van der Waals surface area contributed by atoms with E-state index in [9.17, 15) is 29.7 Å². The zero-order valence-electron chi connectivity index (χ0n) is 33.3. The van der Waals surface area contributed by atoms with Crippen molar-refractivity contribution < 1.29 is 39.2 Å². The van der Waals surface area contributed by atoms with Crippen LogP contribution in [0.4, 0.5) is 0 Å². The maximum absolute atomic E-state index is 13.6. The molecular weight excluding hydrogens is 679 g/mol. The van der Waals surface area contributed by atoms with E-state index in [1.807, 2.05) is 0 Å². The van der Waals surface area contributed by atoms with Gasteiger partial charge in [-0.25, -0.2) is 4.36 Å². The summed E-state index contributed by atoms with van der Waals surface area (Å²) < 4.78 is 29.6. The van der Waals surface area contributed by atoms with Crippen molar-refractivity contribution in [1.82, 2.24) is 0 Å². The van der Waals surface area contributed by atoms with Crippen molar-refractivity contribution in [2.75, 3.05) is 25.2 Å². The fourth-order valence-electron chi connectivity index (χ4n) is 9.08. The molecule has 10 heteroatoms. The summed E-state index contributed by atoms with van der Waals surface area (Å²) in [6.45, 7) is 1.54. The zero-order valence-corrected chi connectivity index (χ0v) is 34.1. The predicted octanol–water partition coefficient (Wildman–Crippen LogP) is 8.06. The monoisotopic (exact) mass is 760 g/mol. The van der Waals surface area contributed by atoms with Gasteiger partial charge in [0.25, 0.3) is 0 Å². The Hall–Kier alpha value is -0.330. The number of aliphatic hydroxyl groups is 5. The van der Waals surface area contributed by atoms with Crippen molar-refractivity contribution in [2.24, 2.45) is 22.1 Å². The van der Waals surface area contributed by atoms with Crippen LogP contribution in [0.25, 0.3) is 0 Å². The van der Waals surface area contributed by atoms with Crippen LogP contribution in [0.3, 0.4) is 0 Å². The van der Waals surface area contributed by atoms with Gasteiger partial charge in [-0.1, -0.05) is 148 Å². The summed E-state index contributed by atoms with van der Waals surface area (Å²) in [5, 5.41) is 51.6. The molecule has 1 heterocycles. The molecule has 5 N–H and O–H groups in total. The van der Waals surface area contributed by atoms with Gasteiger partial charge in [-0.2, -0.15) is 0 Å². The number of hydrogen-bond acceptors (Lipinski definition) is 9. The first-order valence-electron chi connectivity index (χ1n) is 21.9. The smallest absolute Gasteiger partial charge is 0.186 e. The van der Waals surface area contributed by atoms with Crippen molar-refractivity contribution in [3.63, 3.8) is 0 Å². The minimum Gasteiger partial charge on any atom is -0.394 e. The SMILES string of the molecule is CCCCCCCCCCCCCCC[C@@H](O)[C@H](COC1OC(CO)C(O)C(O)C1O)N=S(C)(=O)CCCCCCCCCC[C@H]1C[C@H]2CC[C@@H]1C2. The van der Waals surface area contributed by atoms with Crippen molar-refractivity contribution in [1.29, 1.82) is 0 Å². The second kappa shape index (κ2) is 26.5. The Balaban J connectivity index is 1.36. The number of hydrogen-bond donors (Lipinski definition) is 5. The van der Waals surface area contributed by atoms with Crippen LogP contribution >= 0.6 is 0 Å². The van der Waals surface area contributed by atoms with Gasteiger partial charge in [-0.15, -0.1) is 0 Å². The lowest BCUT2D eigenvalue weighted by atomic mass is 9.85. The van der Waals surface area contributed by atoms with E-state index in [4.69, 9.17) is 9.47 Å². The number of fused-ring (bicyclic) bond motifs is 2. The van der Waals surface area contributed by atoms with Crippen molar-refractivity contribution in [3.8, 4) is 0 Å². The third-order valence-electron chi connectivity index (χ3n) is 12.4. The maximum Gasteiger partial charge on any atom is 0.186 e. The Labute approximate surface area is 318 Å². The van der Waals surface area contributed by atoms with Gasteiger partial charge in [0.05, 0.1) is 19.3 Å². The Morgan fingerprint density at radius 3 is 1.83 bits per heavy atom. The summed E-state index contributed by atoms with van der Waals surface area (Å²) in [5.74, 6) is 3.57. The quantitative estimate of drug-likeness (QED) is 0.0446. The summed E-state index contributed by atoms with van der Waals surface area (Å²) in [6, 6.07) is -0.790. The van der Waals surface area contributed by atoms with E-state index in [2.05, 4.69) is 11.3 Å². The molecule has 0 aromatic carbocycles. The molecule has 1 saturated heterocycles. The Kier molecular flexibility index (Phi) is 23.5. The second-order valence-electron chi connectivity index (χ2n) is 17.0. The second-order valence-corrected chi connectivity index (χ2v) is 19.6. The molecule has 1 aliphatic heterocycles. The molecule has 0 radical (unpaired) electrons. The standard InChI is InChI=1S/C42H81NO8S/c1-3-4-5-6-7-8-9-10-11-12-16-19-22-25-37(45)36(32-50-42-41(48)40(47)39(46)38(31-44)51-42)43-52(2,49)28-23-20-17-14-13-15-18-21-24-34-29-33-26-27-35(34)30-33/h33-42,44-48H,3-32H2,1-2H3/t33-,34+,35-,36+,37-,38?,39?,40?,41?,42?,52?/m1/s1. The minimum atomic E-state index is -2.60. The number of nitrogens with zero attached hydrogens (tertiary/aromatic N) is 1. The van der Waals surface area contributed by atoms with Crippen LogP contribution in [-0.2, 0) is 19.2 Å². The Morgan fingerprint density at radius 2 is 1.29 bits per heavy atom. The fourth-order valence-corrected chi connectivity index (χ4v) is 10.7. The highest BCUT2D eigenvalue weighted by Crippen LogP contribution is 2.50. The van der Waals surface area contributed by atoms with Crippen LogP contribution in [0.2, 0.25) is 0 Å². The molecule has 2 saturated carbocycles. The maximum atomic E-state index is 13.6. The highest BCUT2D eigenvalue weighted by molar-refractivity contribution is 7.92. The molecule has 0 amide bonds. The van der Waals surface area contributed by atoms with Crippen molar-refractivity contribution >= 4 is 9.73 Å². The summed E-state index contributed by atoms with van der Waals surface area (Å²) in [5.41, 5.74) is 0. The van der Waals surface area contributed by atoms with Gasteiger partial charge in [-0.3, -0.25) is 4.21 Å². The summed E-state index contributed by atoms with van der Waals surface area (Å²) in [7, 11) is -2.60. The zero-order chi connectivity index (χ0) is 37.6. The van der Waals surface area contributed by atoms with Crippen LogP contribution in [0.1, 0.15) is 180 Å². The van der Waals surface area contributed by atoms with Crippen LogP contribution in [0, 0.1) is 17.8 Å². The molecule has 9 nitrogen and oxygen atoms in total. The van der Waals surface area contributed by atoms with E-state index in [1.54, 1.807) is 6.26 Å². The molecule has 2 bridgehead atoms. The lowest BCUT2D eigenvalue weighted by Gasteiger charge is -2.40. The summed E-state index contributed by atoms with van der Waals surface area (Å²) in [4.78, 5) is 0. The van der Waals surface area contributed by atoms with E-state index >= 15 is 0 Å². The van der Waals surface area contributed by atoms with E-state index in [-0.39, 0.29) is 6.61 Å². The molecule has 52 heavy (non-hydrogen) atoms. The van der Waals surface area contributed by atoms with Gasteiger partial charge >= 0.3 is 0 Å². The Morgan fingerprint density at radius 1 is 0.731 bits per heavy atom. The average molecular weight is 760 g/mol. The van der Waals surface area contributed by atoms with E-state index in [0.29, 0.717) is 12.2 Å². The molecule has 0 aromatic rings. The molecule has 6 unspecified atom stereocenters. The van der Waals surface area contributed by atoms with E-state index < -0.39 is 59.2 Å². The number of rotatable bonds is 31. The van der Waals surface area contributed by atoms with Crippen molar-refractivity contribution in [3.05, 3.63) is 0 Å². The largest absolute Gasteiger partial charge is 0.394 e. The van der Waals surface area contributed by atoms with Crippen molar-refractivity contribution in [2.45, 2.75) is 223 Å². The molecule has 0 aromatic heterocycles. The van der Waals surface area contributed by atoms with E-state index in [0.717, 1.165) is 56.3 Å². The lowest BCUT2D eigenvalue weighted by molar-refractivity contribution is -0.302. The first kappa shape index (κ1) is 46.1. The molecule has 3 fully saturated rings. The number of ether oxygens (including phenoxy) is 2. The first-order chi connectivity index (χ1) is 25.1. The van der Waals surface area contributed by atoms with Gasteiger partial charge in [0.15, 0.2) is 6.29 Å². The topological polar surface area (TPSA) is 149 Å². The highest BCUT2D eigenvalue weighted by Gasteiger charge is 2.44. The highest BCUT2D eigenvalue weighted by atomic mass is 32.2. The van der Waals surface area contributed by atoms with Gasteiger partial charge in [-0.05, 0) is 49.9 Å². The molecule has 3 rings (SSSR count). The van der Waals surface area contributed by atoms with Crippen LogP contribution < -0.4 is 0 Å². The third kappa shape index (κ3) is 17.6. The summed E-state index contributed by atoms with van der Waals surface area (Å²) in [6.07, 6.45) is 27.3. The first-order valence-corrected chi connectivity index (χ1v) is 24.0. The third-order valence-corrected chi connectivity index (χ3v) is 14.2. The van der Waals surface area contributed by atoms with Crippen LogP contribution in [0.5, 0.6) is 0 Å². The molecule has 308 valence electrons. The molecule has 2 aliphatic carbocycles. The predicted molar refractivity (Wildman–Crippen MR) is 212 cm³/mol. The Bertz CT molecular complexity index is 1020. The molecule has 3 aliphatic rings. The normalized spacial score (nSPS) is 29.7.